The van der Waals surface area contributed by atoms with Crippen molar-refractivity contribution in [3.8, 4) is 10.6 Å². The minimum atomic E-state index is -0.963. The predicted molar refractivity (Wildman–Crippen MR) is 175 cm³/mol. The number of aryl methyl sites for hydroxylation is 1. The molecule has 4 aromatic carbocycles. The molecule has 6 aromatic rings. The van der Waals surface area contributed by atoms with Crippen LogP contribution in [0, 0.1) is 6.92 Å². The Bertz CT molecular complexity index is 1960. The zero-order valence-electron chi connectivity index (χ0n) is 23.8. The molecular formula is C36H29N3O3S. The van der Waals surface area contributed by atoms with E-state index < -0.39 is 12.1 Å². The average molecular weight is 584 g/mol. The highest BCUT2D eigenvalue weighted by molar-refractivity contribution is 7.21. The van der Waals surface area contributed by atoms with Gasteiger partial charge >= 0.3 is 5.97 Å². The van der Waals surface area contributed by atoms with Crippen LogP contribution in [0.4, 0.5) is 5.69 Å². The molecule has 0 aliphatic rings. The number of hydrogen-bond donors (Lipinski definition) is 1. The lowest BCUT2D eigenvalue weighted by atomic mass is 10.1. The molecule has 0 radical (unpaired) electrons. The van der Waals surface area contributed by atoms with Gasteiger partial charge in [-0.05, 0) is 79.1 Å². The van der Waals surface area contributed by atoms with Crippen molar-refractivity contribution in [1.82, 2.24) is 9.97 Å². The number of para-hydroxylation sites is 1. The fraction of sp³-hybridized carbons (Fsp3) is 0.111. The minimum Gasteiger partial charge on any atom is -0.449 e. The van der Waals surface area contributed by atoms with E-state index in [2.05, 4.69) is 24.4 Å². The molecule has 0 spiro atoms. The summed E-state index contributed by atoms with van der Waals surface area (Å²) in [4.78, 5) is 36.1. The first kappa shape index (κ1) is 28.0. The lowest BCUT2D eigenvalue weighted by Crippen LogP contribution is -2.32. The predicted octanol–water partition coefficient (Wildman–Crippen LogP) is 8.56. The quantitative estimate of drug-likeness (QED) is 0.182. The van der Waals surface area contributed by atoms with Crippen molar-refractivity contribution in [2.45, 2.75) is 26.4 Å². The van der Waals surface area contributed by atoms with Gasteiger partial charge in [-0.3, -0.25) is 4.79 Å². The maximum Gasteiger partial charge on any atom is 0.339 e. The van der Waals surface area contributed by atoms with Gasteiger partial charge in [0.2, 0.25) is 0 Å². The third-order valence-electron chi connectivity index (χ3n) is 7.06. The zero-order chi connectivity index (χ0) is 29.8. The van der Waals surface area contributed by atoms with Crippen LogP contribution in [-0.4, -0.2) is 27.9 Å². The average Bonchev–Trinajstić information content (AvgIpc) is 3.46. The second kappa shape index (κ2) is 12.4. The molecule has 6 nitrogen and oxygen atoms in total. The number of nitrogens with zero attached hydrogens (tertiary/aromatic N) is 2. The highest BCUT2D eigenvalue weighted by Crippen LogP contribution is 2.31. The number of pyridine rings is 1. The summed E-state index contributed by atoms with van der Waals surface area (Å²) >= 11 is 1.64. The van der Waals surface area contributed by atoms with Gasteiger partial charge in [-0.15, -0.1) is 11.3 Å². The Labute approximate surface area is 253 Å². The highest BCUT2D eigenvalue weighted by atomic mass is 32.1. The Morgan fingerprint density at radius 2 is 1.63 bits per heavy atom. The molecule has 0 aliphatic carbocycles. The van der Waals surface area contributed by atoms with E-state index >= 15 is 0 Å². The maximum absolute atomic E-state index is 13.4. The lowest BCUT2D eigenvalue weighted by molar-refractivity contribution is -0.124. The monoisotopic (exact) mass is 583 g/mol. The molecule has 1 unspecified atom stereocenters. The SMILES string of the molecule is CCC(OC(=O)c1cc(C=Cc2ccccc2)nc2ccccc12)C(=O)Nc1ccc(-c2nc3ccc(C)cc3s2)cc1. The Morgan fingerprint density at radius 3 is 2.42 bits per heavy atom. The van der Waals surface area contributed by atoms with E-state index in [1.807, 2.05) is 104 Å². The number of amides is 1. The summed E-state index contributed by atoms with van der Waals surface area (Å²) in [7, 11) is 0. The smallest absolute Gasteiger partial charge is 0.339 e. The zero-order valence-corrected chi connectivity index (χ0v) is 24.6. The van der Waals surface area contributed by atoms with Crippen molar-refractivity contribution < 1.29 is 14.3 Å². The van der Waals surface area contributed by atoms with Gasteiger partial charge in [-0.1, -0.05) is 67.6 Å². The molecule has 0 bridgehead atoms. The standard InChI is InChI=1S/C36H29N3O3S/c1-3-32(34(40)38-26-18-15-25(16-19-26)35-39-31-20-13-23(2)21-33(31)43-35)42-36(41)29-22-27(17-14-24-9-5-4-6-10-24)37-30-12-8-7-11-28(29)30/h4-22,32H,3H2,1-2H3,(H,38,40). The van der Waals surface area contributed by atoms with Gasteiger partial charge < -0.3 is 10.1 Å². The number of esters is 1. The topological polar surface area (TPSA) is 81.2 Å². The summed E-state index contributed by atoms with van der Waals surface area (Å²) in [5.74, 6) is -0.960. The first-order valence-corrected chi connectivity index (χ1v) is 14.9. The summed E-state index contributed by atoms with van der Waals surface area (Å²) in [5.41, 5.74) is 6.43. The molecular weight excluding hydrogens is 554 g/mol. The summed E-state index contributed by atoms with van der Waals surface area (Å²) in [5, 5.41) is 4.48. The van der Waals surface area contributed by atoms with Crippen LogP contribution in [0.1, 0.15) is 40.5 Å². The van der Waals surface area contributed by atoms with Gasteiger partial charge in [0.1, 0.15) is 5.01 Å². The molecule has 0 fully saturated rings. The van der Waals surface area contributed by atoms with E-state index in [0.29, 0.717) is 34.3 Å². The van der Waals surface area contributed by atoms with E-state index in [-0.39, 0.29) is 5.91 Å². The number of carbonyl (C=O) groups excluding carboxylic acids is 2. The Hall–Kier alpha value is -5.14. The number of aromatic nitrogens is 2. The second-order valence-electron chi connectivity index (χ2n) is 10.2. The first-order chi connectivity index (χ1) is 21.0. The van der Waals surface area contributed by atoms with Crippen LogP contribution in [0.5, 0.6) is 0 Å². The number of carbonyl (C=O) groups is 2. The fourth-order valence-electron chi connectivity index (χ4n) is 4.79. The number of hydrogen-bond acceptors (Lipinski definition) is 6. The number of rotatable bonds is 8. The van der Waals surface area contributed by atoms with Crippen LogP contribution in [-0.2, 0) is 9.53 Å². The van der Waals surface area contributed by atoms with Gasteiger partial charge in [-0.2, -0.15) is 0 Å². The van der Waals surface area contributed by atoms with Crippen LogP contribution < -0.4 is 5.32 Å². The van der Waals surface area contributed by atoms with E-state index in [1.165, 1.54) is 5.56 Å². The van der Waals surface area contributed by atoms with Gasteiger partial charge in [0.15, 0.2) is 6.10 Å². The van der Waals surface area contributed by atoms with Crippen LogP contribution in [0.3, 0.4) is 0 Å². The maximum atomic E-state index is 13.4. The summed E-state index contributed by atoms with van der Waals surface area (Å²) in [6.07, 6.45) is 3.17. The van der Waals surface area contributed by atoms with Crippen LogP contribution >= 0.6 is 11.3 Å². The lowest BCUT2D eigenvalue weighted by Gasteiger charge is -2.17. The van der Waals surface area contributed by atoms with E-state index in [4.69, 9.17) is 14.7 Å². The van der Waals surface area contributed by atoms with Crippen molar-refractivity contribution in [1.29, 1.82) is 0 Å². The summed E-state index contributed by atoms with van der Waals surface area (Å²) in [6.45, 7) is 3.88. The van der Waals surface area contributed by atoms with Crippen molar-refractivity contribution in [2.75, 3.05) is 5.32 Å². The van der Waals surface area contributed by atoms with Crippen LogP contribution in [0.25, 0.3) is 43.8 Å². The molecule has 7 heteroatoms. The Balaban J connectivity index is 1.17. The Morgan fingerprint density at radius 1 is 0.860 bits per heavy atom. The molecule has 43 heavy (non-hydrogen) atoms. The fourth-order valence-corrected chi connectivity index (χ4v) is 5.85. The number of nitrogens with one attached hydrogen (secondary N) is 1. The largest absolute Gasteiger partial charge is 0.449 e. The van der Waals surface area contributed by atoms with Crippen molar-refractivity contribution in [3.05, 3.63) is 126 Å². The second-order valence-corrected chi connectivity index (χ2v) is 11.2. The highest BCUT2D eigenvalue weighted by Gasteiger charge is 2.24. The molecule has 0 saturated carbocycles. The third-order valence-corrected chi connectivity index (χ3v) is 8.13. The summed E-state index contributed by atoms with van der Waals surface area (Å²) in [6, 6.07) is 32.7. The summed E-state index contributed by atoms with van der Waals surface area (Å²) < 4.78 is 6.91. The van der Waals surface area contributed by atoms with E-state index in [9.17, 15) is 9.59 Å². The molecule has 2 heterocycles. The van der Waals surface area contributed by atoms with E-state index in [1.54, 1.807) is 17.4 Å². The van der Waals surface area contributed by atoms with Gasteiger partial charge in [-0.25, -0.2) is 14.8 Å². The molecule has 1 amide bonds. The van der Waals surface area contributed by atoms with Gasteiger partial charge in [0.05, 0.1) is 27.0 Å². The third kappa shape index (κ3) is 6.37. The normalized spacial score (nSPS) is 12.0. The molecule has 6 rings (SSSR count). The minimum absolute atomic E-state index is 0.324. The number of ether oxygens (including phenoxy) is 1. The Kier molecular flexibility index (Phi) is 8.07. The molecule has 212 valence electrons. The van der Waals surface area contributed by atoms with Crippen LogP contribution in [0.15, 0.2) is 103 Å². The number of anilines is 1. The molecule has 0 aliphatic heterocycles. The number of thiazole rings is 1. The van der Waals surface area contributed by atoms with Crippen LogP contribution in [0.2, 0.25) is 0 Å². The number of benzene rings is 4. The van der Waals surface area contributed by atoms with Gasteiger partial charge in [0, 0.05) is 16.6 Å². The molecule has 1 atom stereocenters. The molecule has 0 saturated heterocycles. The molecule has 2 aromatic heterocycles. The van der Waals surface area contributed by atoms with E-state index in [0.717, 1.165) is 26.4 Å². The molecule has 1 N–H and O–H groups in total. The van der Waals surface area contributed by atoms with Crippen molar-refractivity contribution >= 4 is 62.2 Å². The van der Waals surface area contributed by atoms with Crippen molar-refractivity contribution in [3.63, 3.8) is 0 Å². The first-order valence-electron chi connectivity index (χ1n) is 14.1. The number of fused-ring (bicyclic) bond motifs is 2. The van der Waals surface area contributed by atoms with Crippen molar-refractivity contribution in [2.24, 2.45) is 0 Å². The van der Waals surface area contributed by atoms with Gasteiger partial charge in [0.25, 0.3) is 5.91 Å².